The molecule has 0 amide bonds. The lowest BCUT2D eigenvalue weighted by Gasteiger charge is -2.10. The Kier molecular flexibility index (Phi) is 4.27. The van der Waals surface area contributed by atoms with E-state index in [0.29, 0.717) is 6.04 Å². The molecule has 0 aliphatic carbocycles. The molecule has 2 rings (SSSR count). The third-order valence-electron chi connectivity index (χ3n) is 3.14. The minimum absolute atomic E-state index is 0.440. The summed E-state index contributed by atoms with van der Waals surface area (Å²) in [4.78, 5) is 0. The highest BCUT2D eigenvalue weighted by molar-refractivity contribution is 5.69. The Labute approximate surface area is 114 Å². The Hall–Kier alpha value is -1.74. The van der Waals surface area contributed by atoms with E-state index in [1.54, 1.807) is 13.4 Å². The number of nitrogens with one attached hydrogen (secondary N) is 1. The Morgan fingerprint density at radius 2 is 2.00 bits per heavy atom. The van der Waals surface area contributed by atoms with Gasteiger partial charge in [-0.25, -0.2) is 0 Å². The van der Waals surface area contributed by atoms with Crippen LogP contribution >= 0.6 is 0 Å². The second-order valence-electron chi connectivity index (χ2n) is 4.97. The summed E-state index contributed by atoms with van der Waals surface area (Å²) < 4.78 is 10.8. The predicted molar refractivity (Wildman–Crippen MR) is 77.4 cm³/mol. The van der Waals surface area contributed by atoms with Gasteiger partial charge in [-0.2, -0.15) is 0 Å². The van der Waals surface area contributed by atoms with Crippen LogP contribution in [0.2, 0.25) is 0 Å². The topological polar surface area (TPSA) is 34.4 Å². The highest BCUT2D eigenvalue weighted by atomic mass is 16.5. The van der Waals surface area contributed by atoms with E-state index in [9.17, 15) is 0 Å². The van der Waals surface area contributed by atoms with Crippen LogP contribution in [0.1, 0.15) is 25.2 Å². The molecule has 1 aromatic heterocycles. The lowest BCUT2D eigenvalue weighted by atomic mass is 10.0. The maximum atomic E-state index is 5.59. The lowest BCUT2D eigenvalue weighted by molar-refractivity contribution is 0.414. The molecule has 0 saturated carbocycles. The van der Waals surface area contributed by atoms with Crippen molar-refractivity contribution in [3.8, 4) is 16.9 Å². The summed E-state index contributed by atoms with van der Waals surface area (Å²) in [6.07, 6.45) is 1.75. The summed E-state index contributed by atoms with van der Waals surface area (Å²) in [5, 5.41) is 3.38. The normalized spacial score (nSPS) is 11.0. The molecule has 1 N–H and O–H groups in total. The van der Waals surface area contributed by atoms with Crippen LogP contribution < -0.4 is 10.1 Å². The molecule has 2 aromatic rings. The van der Waals surface area contributed by atoms with Crippen LogP contribution in [0.25, 0.3) is 11.1 Å². The number of benzene rings is 1. The molecule has 0 radical (unpaired) electrons. The van der Waals surface area contributed by atoms with Crippen molar-refractivity contribution in [3.05, 3.63) is 41.9 Å². The maximum Gasteiger partial charge on any atom is 0.125 e. The van der Waals surface area contributed by atoms with Gasteiger partial charge < -0.3 is 14.5 Å². The fourth-order valence-electron chi connectivity index (χ4n) is 2.08. The number of hydrogen-bond donors (Lipinski definition) is 1. The minimum atomic E-state index is 0.440. The summed E-state index contributed by atoms with van der Waals surface area (Å²) in [6.45, 7) is 7.08. The summed E-state index contributed by atoms with van der Waals surface area (Å²) >= 11 is 0. The van der Waals surface area contributed by atoms with Gasteiger partial charge in [0.2, 0.25) is 0 Å². The SMILES string of the molecule is COc1ccc(-c2ccoc2CNC(C)C)c(C)c1. The number of rotatable bonds is 5. The van der Waals surface area contributed by atoms with E-state index in [0.717, 1.165) is 23.6 Å². The Bertz CT molecular complexity index is 543. The Morgan fingerprint density at radius 1 is 1.21 bits per heavy atom. The van der Waals surface area contributed by atoms with Crippen molar-refractivity contribution in [2.45, 2.75) is 33.4 Å². The van der Waals surface area contributed by atoms with E-state index in [2.05, 4.69) is 32.2 Å². The summed E-state index contributed by atoms with van der Waals surface area (Å²) in [7, 11) is 1.68. The van der Waals surface area contributed by atoms with E-state index in [-0.39, 0.29) is 0 Å². The van der Waals surface area contributed by atoms with Crippen molar-refractivity contribution in [1.29, 1.82) is 0 Å². The molecule has 1 heterocycles. The number of aryl methyl sites for hydroxylation is 1. The molecule has 0 spiro atoms. The number of methoxy groups -OCH3 is 1. The predicted octanol–water partition coefficient (Wildman–Crippen LogP) is 3.76. The van der Waals surface area contributed by atoms with Crippen LogP contribution in [0.5, 0.6) is 5.75 Å². The van der Waals surface area contributed by atoms with Gasteiger partial charge in [0, 0.05) is 11.6 Å². The van der Waals surface area contributed by atoms with Crippen molar-refractivity contribution in [3.63, 3.8) is 0 Å². The maximum absolute atomic E-state index is 5.59. The molecule has 3 nitrogen and oxygen atoms in total. The molecule has 0 unspecified atom stereocenters. The van der Waals surface area contributed by atoms with Crippen LogP contribution in [-0.2, 0) is 6.54 Å². The third-order valence-corrected chi connectivity index (χ3v) is 3.14. The molecule has 0 fully saturated rings. The van der Waals surface area contributed by atoms with Crippen molar-refractivity contribution in [2.24, 2.45) is 0 Å². The zero-order valence-electron chi connectivity index (χ0n) is 12.0. The van der Waals surface area contributed by atoms with Crippen molar-refractivity contribution in [2.75, 3.05) is 7.11 Å². The fourth-order valence-corrected chi connectivity index (χ4v) is 2.08. The van der Waals surface area contributed by atoms with Gasteiger partial charge in [0.15, 0.2) is 0 Å². The standard InChI is InChI=1S/C16H21NO2/c1-11(2)17-10-16-15(7-8-19-16)14-6-5-13(18-4)9-12(14)3/h5-9,11,17H,10H2,1-4H3. The first-order valence-corrected chi connectivity index (χ1v) is 6.56. The molecule has 19 heavy (non-hydrogen) atoms. The van der Waals surface area contributed by atoms with Crippen LogP contribution in [0.4, 0.5) is 0 Å². The van der Waals surface area contributed by atoms with Gasteiger partial charge in [0.1, 0.15) is 11.5 Å². The van der Waals surface area contributed by atoms with Gasteiger partial charge >= 0.3 is 0 Å². The second kappa shape index (κ2) is 5.93. The molecule has 0 saturated heterocycles. The second-order valence-corrected chi connectivity index (χ2v) is 4.97. The fraction of sp³-hybridized carbons (Fsp3) is 0.375. The molecule has 1 aromatic carbocycles. The first kappa shape index (κ1) is 13.7. The summed E-state index contributed by atoms with van der Waals surface area (Å²) in [5.41, 5.74) is 3.52. The molecular weight excluding hydrogens is 238 g/mol. The lowest BCUT2D eigenvalue weighted by Crippen LogP contribution is -2.21. The summed E-state index contributed by atoms with van der Waals surface area (Å²) in [5.74, 6) is 1.86. The highest BCUT2D eigenvalue weighted by Gasteiger charge is 2.11. The van der Waals surface area contributed by atoms with Gasteiger partial charge in [-0.15, -0.1) is 0 Å². The van der Waals surface area contributed by atoms with Gasteiger partial charge in [-0.3, -0.25) is 0 Å². The first-order chi connectivity index (χ1) is 9.11. The van der Waals surface area contributed by atoms with Crippen molar-refractivity contribution < 1.29 is 9.15 Å². The molecule has 0 atom stereocenters. The minimum Gasteiger partial charge on any atom is -0.497 e. The monoisotopic (exact) mass is 259 g/mol. The average molecular weight is 259 g/mol. The first-order valence-electron chi connectivity index (χ1n) is 6.56. The zero-order chi connectivity index (χ0) is 13.8. The van der Waals surface area contributed by atoms with Crippen LogP contribution in [0.15, 0.2) is 34.9 Å². The van der Waals surface area contributed by atoms with Gasteiger partial charge in [-0.1, -0.05) is 19.9 Å². The molecule has 0 aliphatic heterocycles. The highest BCUT2D eigenvalue weighted by Crippen LogP contribution is 2.30. The molecule has 102 valence electrons. The van der Waals surface area contributed by atoms with Gasteiger partial charge in [-0.05, 0) is 36.2 Å². The van der Waals surface area contributed by atoms with Gasteiger partial charge in [0.05, 0.1) is 19.9 Å². The number of furan rings is 1. The van der Waals surface area contributed by atoms with E-state index < -0.39 is 0 Å². The van der Waals surface area contributed by atoms with E-state index in [1.165, 1.54) is 11.1 Å². The van der Waals surface area contributed by atoms with Crippen molar-refractivity contribution in [1.82, 2.24) is 5.32 Å². The van der Waals surface area contributed by atoms with Crippen LogP contribution in [0, 0.1) is 6.92 Å². The molecule has 3 heteroatoms. The van der Waals surface area contributed by atoms with Gasteiger partial charge in [0.25, 0.3) is 0 Å². The summed E-state index contributed by atoms with van der Waals surface area (Å²) in [6, 6.07) is 8.57. The number of ether oxygens (including phenoxy) is 1. The van der Waals surface area contributed by atoms with Crippen molar-refractivity contribution >= 4 is 0 Å². The average Bonchev–Trinajstić information content (AvgIpc) is 2.84. The largest absolute Gasteiger partial charge is 0.497 e. The Morgan fingerprint density at radius 3 is 2.63 bits per heavy atom. The number of hydrogen-bond acceptors (Lipinski definition) is 3. The zero-order valence-corrected chi connectivity index (χ0v) is 12.0. The Balaban J connectivity index is 2.29. The molecular formula is C16H21NO2. The van der Waals surface area contributed by atoms with E-state index in [4.69, 9.17) is 9.15 Å². The third kappa shape index (κ3) is 3.18. The molecule has 0 aliphatic rings. The van der Waals surface area contributed by atoms with Crippen LogP contribution in [-0.4, -0.2) is 13.2 Å². The smallest absolute Gasteiger partial charge is 0.125 e. The quantitative estimate of drug-likeness (QED) is 0.887. The van der Waals surface area contributed by atoms with Crippen LogP contribution in [0.3, 0.4) is 0 Å². The van der Waals surface area contributed by atoms with E-state index in [1.807, 2.05) is 18.2 Å². The van der Waals surface area contributed by atoms with E-state index >= 15 is 0 Å². The molecule has 0 bridgehead atoms.